The lowest BCUT2D eigenvalue weighted by Crippen LogP contribution is -2.55. The van der Waals surface area contributed by atoms with Gasteiger partial charge in [-0.1, -0.05) is 130 Å². The van der Waals surface area contributed by atoms with Crippen LogP contribution < -0.4 is 0 Å². The minimum Gasteiger partial charge on any atom is -0.371 e. The normalized spacial score (nSPS) is 26.5. The van der Waals surface area contributed by atoms with Crippen molar-refractivity contribution in [3.63, 3.8) is 0 Å². The Hall–Kier alpha value is -0.500. The van der Waals surface area contributed by atoms with Crippen molar-refractivity contribution in [2.75, 3.05) is 0 Å². The molecule has 0 amide bonds. The Morgan fingerprint density at radius 3 is 2.05 bits per heavy atom. The molecule has 1 aliphatic heterocycles. The molecule has 4 atom stereocenters. The van der Waals surface area contributed by atoms with Gasteiger partial charge in [-0.25, -0.2) is 0 Å². The summed E-state index contributed by atoms with van der Waals surface area (Å²) in [6, 6.07) is 0.522. The summed E-state index contributed by atoms with van der Waals surface area (Å²) in [6.45, 7) is 11.7. The first-order chi connectivity index (χ1) is 18.5. The first-order valence-electron chi connectivity index (χ1n) is 17.8. The van der Waals surface area contributed by atoms with E-state index in [9.17, 15) is 5.11 Å². The molecule has 0 radical (unpaired) electrons. The maximum absolute atomic E-state index is 12.5. The van der Waals surface area contributed by atoms with Gasteiger partial charge in [0.15, 0.2) is 0 Å². The highest BCUT2D eigenvalue weighted by Gasteiger charge is 2.41. The average Bonchev–Trinajstić information content (AvgIpc) is 3.05. The summed E-state index contributed by atoms with van der Waals surface area (Å²) in [7, 11) is 0. The number of aliphatic hydroxyl groups is 1. The highest BCUT2D eigenvalue weighted by Crippen LogP contribution is 2.42. The molecule has 0 saturated heterocycles. The van der Waals surface area contributed by atoms with Gasteiger partial charge in [0.25, 0.3) is 0 Å². The molecule has 0 aromatic carbocycles. The van der Waals surface area contributed by atoms with E-state index in [4.69, 9.17) is 0 Å². The zero-order valence-corrected chi connectivity index (χ0v) is 26.8. The van der Waals surface area contributed by atoms with Crippen molar-refractivity contribution in [1.82, 2.24) is 4.90 Å². The topological polar surface area (TPSA) is 23.5 Å². The van der Waals surface area contributed by atoms with Crippen molar-refractivity contribution >= 4 is 0 Å². The maximum atomic E-state index is 12.5. The van der Waals surface area contributed by atoms with Crippen LogP contribution in [-0.4, -0.2) is 21.8 Å². The molecule has 2 nitrogen and oxygen atoms in total. The first kappa shape index (κ1) is 33.7. The van der Waals surface area contributed by atoms with Crippen molar-refractivity contribution in [3.05, 3.63) is 11.3 Å². The smallest absolute Gasteiger partial charge is 0.137 e. The molecule has 224 valence electrons. The first-order valence-corrected chi connectivity index (χ1v) is 17.8. The predicted octanol–water partition coefficient (Wildman–Crippen LogP) is 11.7. The van der Waals surface area contributed by atoms with Crippen LogP contribution in [-0.2, 0) is 0 Å². The molecule has 0 aromatic rings. The Labute approximate surface area is 239 Å². The molecular formula is C36H69NO. The van der Waals surface area contributed by atoms with Gasteiger partial charge in [-0.05, 0) is 82.5 Å². The van der Waals surface area contributed by atoms with Crippen molar-refractivity contribution in [2.24, 2.45) is 11.8 Å². The van der Waals surface area contributed by atoms with Crippen molar-refractivity contribution in [1.29, 1.82) is 0 Å². The quantitative estimate of drug-likeness (QED) is 0.212. The molecule has 1 fully saturated rings. The summed E-state index contributed by atoms with van der Waals surface area (Å²) in [5, 5.41) is 12.5. The molecule has 1 N–H and O–H groups in total. The second-order valence-corrected chi connectivity index (χ2v) is 13.1. The van der Waals surface area contributed by atoms with Crippen LogP contribution >= 0.6 is 0 Å². The van der Waals surface area contributed by atoms with Crippen LogP contribution in [0.2, 0.25) is 0 Å². The highest BCUT2D eigenvalue weighted by molar-refractivity contribution is 5.18. The third kappa shape index (κ3) is 10.8. The summed E-state index contributed by atoms with van der Waals surface area (Å²) in [5.74, 6) is 1.61. The average molecular weight is 532 g/mol. The molecule has 1 saturated carbocycles. The number of rotatable bonds is 15. The third-order valence-corrected chi connectivity index (χ3v) is 10.4. The molecular weight excluding hydrogens is 462 g/mol. The minimum atomic E-state index is -0.687. The standard InChI is InChI=1S/C36H69NO/c1-6-11-13-18-23-31(8-3)28-29-33-26-21-17-20-25-32-24-19-15-14-16-22-27-35(32)37(34(33)9-4)36(38,10-5)30-12-7-2/h31-32,35,38H,6-30H2,1-5H3/b34-33+. The second kappa shape index (κ2) is 19.6. The summed E-state index contributed by atoms with van der Waals surface area (Å²) in [6.07, 6.45) is 32.4. The maximum Gasteiger partial charge on any atom is 0.137 e. The lowest BCUT2D eigenvalue weighted by atomic mass is 9.81. The largest absolute Gasteiger partial charge is 0.371 e. The van der Waals surface area contributed by atoms with E-state index in [-0.39, 0.29) is 0 Å². The zero-order valence-electron chi connectivity index (χ0n) is 26.8. The van der Waals surface area contributed by atoms with E-state index in [1.54, 1.807) is 11.3 Å². The van der Waals surface area contributed by atoms with Crippen LogP contribution in [0, 0.1) is 11.8 Å². The van der Waals surface area contributed by atoms with E-state index in [1.807, 2.05) is 0 Å². The minimum absolute atomic E-state index is 0.522. The number of hydrogen-bond acceptors (Lipinski definition) is 2. The molecule has 2 heteroatoms. The zero-order chi connectivity index (χ0) is 27.6. The van der Waals surface area contributed by atoms with Gasteiger partial charge in [-0.3, -0.25) is 0 Å². The summed E-state index contributed by atoms with van der Waals surface area (Å²) >= 11 is 0. The Bertz CT molecular complexity index is 627. The van der Waals surface area contributed by atoms with E-state index in [0.29, 0.717) is 6.04 Å². The van der Waals surface area contributed by atoms with E-state index in [2.05, 4.69) is 39.5 Å². The van der Waals surface area contributed by atoms with Crippen molar-refractivity contribution in [3.8, 4) is 0 Å². The van der Waals surface area contributed by atoms with Gasteiger partial charge in [0, 0.05) is 11.7 Å². The molecule has 0 bridgehead atoms. The fourth-order valence-corrected chi connectivity index (χ4v) is 7.80. The Balaban J connectivity index is 2.46. The molecule has 2 aliphatic rings. The number of unbranched alkanes of at least 4 members (excludes halogenated alkanes) is 4. The molecule has 1 heterocycles. The Morgan fingerprint density at radius 2 is 1.42 bits per heavy atom. The molecule has 0 spiro atoms. The van der Waals surface area contributed by atoms with E-state index >= 15 is 0 Å². The Kier molecular flexibility index (Phi) is 17.3. The van der Waals surface area contributed by atoms with Crippen LogP contribution in [0.15, 0.2) is 11.3 Å². The van der Waals surface area contributed by atoms with Gasteiger partial charge >= 0.3 is 0 Å². The third-order valence-electron chi connectivity index (χ3n) is 10.4. The van der Waals surface area contributed by atoms with Crippen molar-refractivity contribution in [2.45, 2.75) is 207 Å². The molecule has 4 unspecified atom stereocenters. The molecule has 2 rings (SSSR count). The van der Waals surface area contributed by atoms with Gasteiger partial charge in [-0.2, -0.15) is 0 Å². The monoisotopic (exact) mass is 532 g/mol. The highest BCUT2D eigenvalue weighted by atomic mass is 16.3. The van der Waals surface area contributed by atoms with Gasteiger partial charge in [0.05, 0.1) is 0 Å². The van der Waals surface area contributed by atoms with Gasteiger partial charge in [-0.15, -0.1) is 0 Å². The lowest BCUT2D eigenvalue weighted by Gasteiger charge is -2.51. The van der Waals surface area contributed by atoms with Crippen LogP contribution in [0.5, 0.6) is 0 Å². The van der Waals surface area contributed by atoms with Gasteiger partial charge < -0.3 is 10.0 Å². The summed E-state index contributed by atoms with van der Waals surface area (Å²) < 4.78 is 0. The van der Waals surface area contributed by atoms with Crippen LogP contribution in [0.4, 0.5) is 0 Å². The van der Waals surface area contributed by atoms with Crippen molar-refractivity contribution < 1.29 is 5.11 Å². The van der Waals surface area contributed by atoms with E-state index in [0.717, 1.165) is 37.5 Å². The van der Waals surface area contributed by atoms with Crippen LogP contribution in [0.3, 0.4) is 0 Å². The fraction of sp³-hybridized carbons (Fsp3) is 0.944. The fourth-order valence-electron chi connectivity index (χ4n) is 7.80. The van der Waals surface area contributed by atoms with Gasteiger partial charge in [0.1, 0.15) is 5.72 Å². The van der Waals surface area contributed by atoms with Crippen LogP contribution in [0.25, 0.3) is 0 Å². The van der Waals surface area contributed by atoms with E-state index < -0.39 is 5.72 Å². The number of allylic oxidation sites excluding steroid dienone is 2. The second-order valence-electron chi connectivity index (χ2n) is 13.1. The van der Waals surface area contributed by atoms with E-state index in [1.165, 1.54) is 135 Å². The molecule has 0 aromatic heterocycles. The van der Waals surface area contributed by atoms with Gasteiger partial charge in [0.2, 0.25) is 0 Å². The molecule has 1 aliphatic carbocycles. The van der Waals surface area contributed by atoms with Crippen LogP contribution in [0.1, 0.15) is 195 Å². The predicted molar refractivity (Wildman–Crippen MR) is 168 cm³/mol. The summed E-state index contributed by atoms with van der Waals surface area (Å²) in [5.41, 5.74) is 2.61. The summed E-state index contributed by atoms with van der Waals surface area (Å²) in [4.78, 5) is 2.74. The Morgan fingerprint density at radius 1 is 0.763 bits per heavy atom. The molecule has 38 heavy (non-hydrogen) atoms. The number of fused-ring (bicyclic) bond motifs is 1. The number of hydrogen-bond donors (Lipinski definition) is 1. The number of nitrogens with zero attached hydrogens (tertiary/aromatic N) is 1. The SMILES string of the molecule is CCCCCCC(CC)CC/C1=C(\CC)N(C(O)(CC)CCCC)C2CCCCCCCC2CCCCC1. The lowest BCUT2D eigenvalue weighted by molar-refractivity contribution is -0.133.